The van der Waals surface area contributed by atoms with Crippen molar-refractivity contribution < 1.29 is 9.13 Å². The monoisotopic (exact) mass is 535 g/mol. The molecule has 2 aliphatic rings. The first-order valence-electron chi connectivity index (χ1n) is 13.5. The maximum absolute atomic E-state index is 14.4. The number of nitrogens with zero attached hydrogens (tertiary/aromatic N) is 6. The van der Waals surface area contributed by atoms with Crippen LogP contribution in [0.3, 0.4) is 0 Å². The minimum absolute atomic E-state index is 0.131. The van der Waals surface area contributed by atoms with Crippen LogP contribution in [0, 0.1) is 22.6 Å². The zero-order chi connectivity index (χ0) is 27.7. The summed E-state index contributed by atoms with van der Waals surface area (Å²) in [4.78, 5) is 19.6. The lowest BCUT2D eigenvalue weighted by Crippen LogP contribution is -2.66. The zero-order valence-electron chi connectivity index (χ0n) is 22.5. The predicted octanol–water partition coefficient (Wildman–Crippen LogP) is 5.62. The largest absolute Gasteiger partial charge is 0.451 e. The molecule has 40 heavy (non-hydrogen) atoms. The summed E-state index contributed by atoms with van der Waals surface area (Å²) in [5, 5.41) is 12.6. The first-order valence-corrected chi connectivity index (χ1v) is 13.5. The maximum Gasteiger partial charge on any atom is 0.188 e. The second-order valence-electron chi connectivity index (χ2n) is 11.1. The molecule has 6 rings (SSSR count). The molecule has 0 atom stereocenters. The van der Waals surface area contributed by atoms with Gasteiger partial charge in [-0.15, -0.1) is 0 Å². The topological polar surface area (TPSA) is 99.8 Å². The molecule has 9 heteroatoms. The quantitative estimate of drug-likeness (QED) is 0.310. The Morgan fingerprint density at radius 1 is 1.02 bits per heavy atom. The summed E-state index contributed by atoms with van der Waals surface area (Å²) in [5.74, 6) is 1.54. The zero-order valence-corrected chi connectivity index (χ0v) is 22.5. The summed E-state index contributed by atoms with van der Waals surface area (Å²) in [6, 6.07) is 14.8. The van der Waals surface area contributed by atoms with Crippen molar-refractivity contribution >= 4 is 5.82 Å². The molecule has 1 N–H and O–H groups in total. The van der Waals surface area contributed by atoms with Gasteiger partial charge in [-0.2, -0.15) is 5.26 Å². The minimum atomic E-state index is -0.359. The van der Waals surface area contributed by atoms with Crippen molar-refractivity contribution in [1.29, 1.82) is 5.26 Å². The Balaban J connectivity index is 1.13. The second kappa shape index (κ2) is 10.6. The highest BCUT2D eigenvalue weighted by Crippen LogP contribution is 2.51. The van der Waals surface area contributed by atoms with Crippen LogP contribution in [0.4, 0.5) is 10.2 Å². The lowest BCUT2D eigenvalue weighted by atomic mass is 9.60. The second-order valence-corrected chi connectivity index (χ2v) is 11.1. The van der Waals surface area contributed by atoms with Gasteiger partial charge in [-0.3, -0.25) is 0 Å². The van der Waals surface area contributed by atoms with Gasteiger partial charge in [0, 0.05) is 48.4 Å². The number of ether oxygens (including phenoxy) is 1. The fourth-order valence-electron chi connectivity index (χ4n) is 5.81. The number of hydrogen-bond donors (Lipinski definition) is 1. The van der Waals surface area contributed by atoms with E-state index in [0.717, 1.165) is 49.6 Å². The molecule has 8 nitrogen and oxygen atoms in total. The Kier molecular flexibility index (Phi) is 6.86. The summed E-state index contributed by atoms with van der Waals surface area (Å²) >= 11 is 0. The molecule has 2 fully saturated rings. The number of hydrogen-bond acceptors (Lipinski definition) is 8. The highest BCUT2D eigenvalue weighted by atomic mass is 19.1. The third-order valence-electron chi connectivity index (χ3n) is 7.79. The van der Waals surface area contributed by atoms with E-state index in [1.54, 1.807) is 18.5 Å². The van der Waals surface area contributed by atoms with Crippen LogP contribution >= 0.6 is 0 Å². The third-order valence-corrected chi connectivity index (χ3v) is 7.79. The Morgan fingerprint density at radius 2 is 1.77 bits per heavy atom. The molecular weight excluding hydrogens is 505 g/mol. The van der Waals surface area contributed by atoms with Gasteiger partial charge in [0.25, 0.3) is 0 Å². The average molecular weight is 536 g/mol. The van der Waals surface area contributed by atoms with Gasteiger partial charge in [0.1, 0.15) is 24.2 Å². The van der Waals surface area contributed by atoms with Crippen LogP contribution in [0.1, 0.15) is 49.4 Å². The third kappa shape index (κ3) is 5.10. The first kappa shape index (κ1) is 25.8. The van der Waals surface area contributed by atoms with E-state index in [9.17, 15) is 4.39 Å². The van der Waals surface area contributed by atoms with Crippen LogP contribution in [0.25, 0.3) is 11.1 Å². The van der Waals surface area contributed by atoms with Crippen molar-refractivity contribution in [2.75, 3.05) is 18.0 Å². The number of rotatable bonds is 8. The van der Waals surface area contributed by atoms with Crippen molar-refractivity contribution in [3.63, 3.8) is 0 Å². The van der Waals surface area contributed by atoms with Gasteiger partial charge in [0.15, 0.2) is 11.6 Å². The fraction of sp³-hybridized carbons (Fsp3) is 0.323. The summed E-state index contributed by atoms with van der Waals surface area (Å²) in [5.41, 5.74) is 4.29. The van der Waals surface area contributed by atoms with Crippen LogP contribution in [0.15, 0.2) is 67.5 Å². The molecular formula is C31H30FN7O. The van der Waals surface area contributed by atoms with Crippen LogP contribution in [-0.2, 0) is 6.54 Å². The van der Waals surface area contributed by atoms with Crippen LogP contribution in [0.5, 0.6) is 11.5 Å². The first-order chi connectivity index (χ1) is 19.4. The molecule has 0 bridgehead atoms. The number of benzene rings is 2. The van der Waals surface area contributed by atoms with Gasteiger partial charge >= 0.3 is 0 Å². The molecule has 0 radical (unpaired) electrons. The number of aromatic nitrogens is 4. The van der Waals surface area contributed by atoms with Gasteiger partial charge in [-0.25, -0.2) is 24.3 Å². The van der Waals surface area contributed by atoms with Crippen molar-refractivity contribution in [2.24, 2.45) is 5.41 Å². The van der Waals surface area contributed by atoms with E-state index < -0.39 is 0 Å². The highest BCUT2D eigenvalue weighted by Gasteiger charge is 2.53. The van der Waals surface area contributed by atoms with Crippen LogP contribution in [-0.4, -0.2) is 39.1 Å². The molecule has 2 aromatic carbocycles. The number of halogens is 1. The normalized spacial score (nSPS) is 15.9. The summed E-state index contributed by atoms with van der Waals surface area (Å²) < 4.78 is 20.7. The Hall–Kier alpha value is -4.42. The van der Waals surface area contributed by atoms with Gasteiger partial charge in [0.05, 0.1) is 23.5 Å². The van der Waals surface area contributed by atoms with E-state index in [2.05, 4.69) is 36.2 Å². The molecule has 2 aromatic heterocycles. The summed E-state index contributed by atoms with van der Waals surface area (Å²) in [6.07, 6.45) is 8.62. The standard InChI is InChI=1S/C31H30FN7O/c1-20(2)29-26(14-34-18-37-29)25-9-23(32)7-8-27(25)40-28-15-35-19-38-30(28)39-16-31(17-39)10-24(11-31)36-13-22-5-3-21(12-33)4-6-22/h3-9,14-15,18-20,24,36H,10-11,13,16-17H2,1-2H3. The Labute approximate surface area is 232 Å². The van der Waals surface area contributed by atoms with Gasteiger partial charge in [-0.05, 0) is 54.7 Å². The van der Waals surface area contributed by atoms with Gasteiger partial charge in [-0.1, -0.05) is 26.0 Å². The smallest absolute Gasteiger partial charge is 0.188 e. The molecule has 1 aliphatic heterocycles. The van der Waals surface area contributed by atoms with Crippen molar-refractivity contribution in [3.8, 4) is 28.7 Å². The number of anilines is 1. The van der Waals surface area contributed by atoms with Crippen LogP contribution in [0.2, 0.25) is 0 Å². The SMILES string of the molecule is CC(C)c1ncncc1-c1cc(F)ccc1Oc1cncnc1N1CC2(CC(NCc3ccc(C#N)cc3)C2)C1. The summed E-state index contributed by atoms with van der Waals surface area (Å²) in [6.45, 7) is 6.68. The predicted molar refractivity (Wildman–Crippen MR) is 149 cm³/mol. The molecule has 1 spiro atoms. The molecule has 3 heterocycles. The molecule has 0 amide bonds. The van der Waals surface area contributed by atoms with E-state index in [0.29, 0.717) is 28.7 Å². The van der Waals surface area contributed by atoms with Crippen molar-refractivity contribution in [2.45, 2.75) is 45.2 Å². The molecule has 0 unspecified atom stereocenters. The van der Waals surface area contributed by atoms with Crippen molar-refractivity contribution in [3.05, 3.63) is 90.2 Å². The van der Waals surface area contributed by atoms with Gasteiger partial charge in [0.2, 0.25) is 0 Å². The Bertz CT molecular complexity index is 1550. The molecule has 202 valence electrons. The van der Waals surface area contributed by atoms with E-state index >= 15 is 0 Å². The molecule has 1 aliphatic carbocycles. The fourth-order valence-corrected chi connectivity index (χ4v) is 5.81. The van der Waals surface area contributed by atoms with E-state index in [1.165, 1.54) is 30.4 Å². The minimum Gasteiger partial charge on any atom is -0.451 e. The number of nitrogens with one attached hydrogen (secondary N) is 1. The van der Waals surface area contributed by atoms with E-state index in [-0.39, 0.29) is 17.2 Å². The summed E-state index contributed by atoms with van der Waals surface area (Å²) in [7, 11) is 0. The highest BCUT2D eigenvalue weighted by molar-refractivity contribution is 5.73. The molecule has 1 saturated heterocycles. The van der Waals surface area contributed by atoms with Crippen LogP contribution < -0.4 is 15.0 Å². The average Bonchev–Trinajstić information content (AvgIpc) is 2.93. The Morgan fingerprint density at radius 3 is 2.52 bits per heavy atom. The number of nitriles is 1. The molecule has 1 saturated carbocycles. The van der Waals surface area contributed by atoms with Gasteiger partial charge < -0.3 is 15.0 Å². The lowest BCUT2D eigenvalue weighted by Gasteiger charge is -2.59. The van der Waals surface area contributed by atoms with E-state index in [1.807, 2.05) is 38.1 Å². The molecule has 4 aromatic rings. The van der Waals surface area contributed by atoms with E-state index in [4.69, 9.17) is 10.00 Å². The van der Waals surface area contributed by atoms with Crippen molar-refractivity contribution in [1.82, 2.24) is 25.3 Å². The maximum atomic E-state index is 14.4. The lowest BCUT2D eigenvalue weighted by molar-refractivity contribution is 0.0467.